The molecule has 0 unspecified atom stereocenters. The summed E-state index contributed by atoms with van der Waals surface area (Å²) in [6.07, 6.45) is 0.786. The van der Waals surface area contributed by atoms with Crippen molar-refractivity contribution in [1.29, 1.82) is 0 Å². The molecule has 1 aromatic carbocycles. The minimum atomic E-state index is 0.615. The van der Waals surface area contributed by atoms with E-state index in [9.17, 15) is 0 Å². The summed E-state index contributed by atoms with van der Waals surface area (Å²) in [6.45, 7) is 4.76. The molecule has 0 saturated carbocycles. The van der Waals surface area contributed by atoms with E-state index < -0.39 is 0 Å². The Kier molecular flexibility index (Phi) is 3.64. The van der Waals surface area contributed by atoms with Crippen LogP contribution in [0, 0.1) is 13.8 Å². The Morgan fingerprint density at radius 3 is 2.82 bits per heavy atom. The van der Waals surface area contributed by atoms with Crippen LogP contribution in [0.1, 0.15) is 17.1 Å². The number of nitrogens with zero attached hydrogens (tertiary/aromatic N) is 1. The second-order valence-electron chi connectivity index (χ2n) is 4.16. The van der Waals surface area contributed by atoms with Crippen LogP contribution in [-0.2, 0) is 6.42 Å². The first kappa shape index (κ1) is 12.3. The minimum absolute atomic E-state index is 0.615. The van der Waals surface area contributed by atoms with Gasteiger partial charge in [-0.3, -0.25) is 0 Å². The van der Waals surface area contributed by atoms with Gasteiger partial charge in [0, 0.05) is 22.2 Å². The molecule has 2 aromatic rings. The average molecular weight is 294 g/mol. The quantitative estimate of drug-likeness (QED) is 0.914. The summed E-state index contributed by atoms with van der Waals surface area (Å²) in [6, 6.07) is 6.24. The van der Waals surface area contributed by atoms with Gasteiger partial charge < -0.3 is 10.7 Å². The third kappa shape index (κ3) is 2.58. The summed E-state index contributed by atoms with van der Waals surface area (Å²) >= 11 is 3.50. The highest BCUT2D eigenvalue weighted by atomic mass is 79.9. The molecule has 2 rings (SSSR count). The lowest BCUT2D eigenvalue weighted by atomic mass is 10.1. The molecule has 90 valence electrons. The zero-order valence-corrected chi connectivity index (χ0v) is 11.6. The Morgan fingerprint density at radius 1 is 1.35 bits per heavy atom. The van der Waals surface area contributed by atoms with Crippen LogP contribution in [0.25, 0.3) is 11.3 Å². The molecule has 1 aromatic heterocycles. The number of nitrogens with two attached hydrogens (primary N) is 1. The number of aryl methyl sites for hydroxylation is 2. The summed E-state index contributed by atoms with van der Waals surface area (Å²) in [7, 11) is 0. The molecule has 0 aliphatic carbocycles. The van der Waals surface area contributed by atoms with E-state index >= 15 is 0 Å². The second kappa shape index (κ2) is 5.02. The van der Waals surface area contributed by atoms with Crippen molar-refractivity contribution in [2.24, 2.45) is 5.73 Å². The van der Waals surface area contributed by atoms with Gasteiger partial charge in [0.05, 0.1) is 5.69 Å². The lowest BCUT2D eigenvalue weighted by Gasteiger charge is -2.04. The predicted octanol–water partition coefficient (Wildman–Crippen LogP) is 2.96. The lowest BCUT2D eigenvalue weighted by molar-refractivity contribution is 0.891. The molecule has 0 radical (unpaired) electrons. The normalized spacial score (nSPS) is 10.8. The highest BCUT2D eigenvalue weighted by Crippen LogP contribution is 2.27. The van der Waals surface area contributed by atoms with Crippen molar-refractivity contribution < 1.29 is 0 Å². The van der Waals surface area contributed by atoms with Gasteiger partial charge in [-0.15, -0.1) is 0 Å². The van der Waals surface area contributed by atoms with E-state index in [2.05, 4.69) is 45.0 Å². The molecular formula is C13H16BrN3. The number of rotatable bonds is 3. The number of halogens is 1. The molecule has 0 fully saturated rings. The maximum absolute atomic E-state index is 5.55. The third-order valence-corrected chi connectivity index (χ3v) is 3.26. The van der Waals surface area contributed by atoms with Crippen LogP contribution in [0.15, 0.2) is 22.7 Å². The van der Waals surface area contributed by atoms with Gasteiger partial charge in [0.2, 0.25) is 0 Å². The van der Waals surface area contributed by atoms with E-state index in [0.717, 1.165) is 33.7 Å². The summed E-state index contributed by atoms with van der Waals surface area (Å²) < 4.78 is 1.07. The molecule has 0 amide bonds. The molecule has 4 heteroatoms. The number of imidazole rings is 1. The zero-order valence-electron chi connectivity index (χ0n) is 10.0. The summed E-state index contributed by atoms with van der Waals surface area (Å²) in [4.78, 5) is 7.90. The Labute approximate surface area is 110 Å². The van der Waals surface area contributed by atoms with Crippen molar-refractivity contribution in [3.05, 3.63) is 39.8 Å². The van der Waals surface area contributed by atoms with Gasteiger partial charge in [0.25, 0.3) is 0 Å². The van der Waals surface area contributed by atoms with Crippen LogP contribution in [0.5, 0.6) is 0 Å². The fraction of sp³-hybridized carbons (Fsp3) is 0.308. The van der Waals surface area contributed by atoms with Crippen LogP contribution >= 0.6 is 15.9 Å². The maximum atomic E-state index is 5.55. The second-order valence-corrected chi connectivity index (χ2v) is 5.07. The Morgan fingerprint density at radius 2 is 2.12 bits per heavy atom. The van der Waals surface area contributed by atoms with E-state index in [1.54, 1.807) is 0 Å². The first-order chi connectivity index (χ1) is 8.11. The summed E-state index contributed by atoms with van der Waals surface area (Å²) in [5.41, 5.74) is 10.0. The smallest absolute Gasteiger partial charge is 0.108 e. The number of benzene rings is 1. The molecule has 0 aliphatic rings. The predicted molar refractivity (Wildman–Crippen MR) is 74.0 cm³/mol. The molecule has 17 heavy (non-hydrogen) atoms. The molecule has 0 aliphatic heterocycles. The Balaban J connectivity index is 2.48. The highest BCUT2D eigenvalue weighted by Gasteiger charge is 2.11. The first-order valence-electron chi connectivity index (χ1n) is 5.64. The van der Waals surface area contributed by atoms with Crippen LogP contribution in [0.2, 0.25) is 0 Å². The fourth-order valence-electron chi connectivity index (χ4n) is 1.89. The van der Waals surface area contributed by atoms with Crippen molar-refractivity contribution in [3.63, 3.8) is 0 Å². The van der Waals surface area contributed by atoms with Gasteiger partial charge in [-0.2, -0.15) is 0 Å². The number of H-pyrrole nitrogens is 1. The zero-order chi connectivity index (χ0) is 12.4. The third-order valence-electron chi connectivity index (χ3n) is 2.77. The standard InChI is InChI=1S/C13H16BrN3/c1-8-3-4-10(14)7-11(8)13-9(2)16-12(17-13)5-6-15/h3-4,7H,5-6,15H2,1-2H3,(H,16,17). The van der Waals surface area contributed by atoms with E-state index in [0.29, 0.717) is 6.54 Å². The van der Waals surface area contributed by atoms with Gasteiger partial charge in [-0.1, -0.05) is 22.0 Å². The first-order valence-corrected chi connectivity index (χ1v) is 6.43. The van der Waals surface area contributed by atoms with Crippen LogP contribution in [0.4, 0.5) is 0 Å². The van der Waals surface area contributed by atoms with Crippen molar-refractivity contribution in [2.45, 2.75) is 20.3 Å². The Bertz CT molecular complexity index is 531. The van der Waals surface area contributed by atoms with Gasteiger partial charge in [-0.25, -0.2) is 4.98 Å². The van der Waals surface area contributed by atoms with Gasteiger partial charge in [-0.05, 0) is 38.1 Å². The molecule has 0 atom stereocenters. The van der Waals surface area contributed by atoms with Gasteiger partial charge in [0.15, 0.2) is 0 Å². The summed E-state index contributed by atoms with van der Waals surface area (Å²) in [5, 5.41) is 0. The molecule has 3 N–H and O–H groups in total. The minimum Gasteiger partial charge on any atom is -0.346 e. The van der Waals surface area contributed by atoms with Crippen molar-refractivity contribution >= 4 is 15.9 Å². The summed E-state index contributed by atoms with van der Waals surface area (Å²) in [5.74, 6) is 0.958. The number of aromatic nitrogens is 2. The van der Waals surface area contributed by atoms with Gasteiger partial charge in [0.1, 0.15) is 5.82 Å². The van der Waals surface area contributed by atoms with Crippen molar-refractivity contribution in [2.75, 3.05) is 6.54 Å². The van der Waals surface area contributed by atoms with E-state index in [4.69, 9.17) is 5.73 Å². The molecule has 3 nitrogen and oxygen atoms in total. The van der Waals surface area contributed by atoms with Crippen molar-refractivity contribution in [1.82, 2.24) is 9.97 Å². The Hall–Kier alpha value is -1.13. The van der Waals surface area contributed by atoms with Gasteiger partial charge >= 0.3 is 0 Å². The molecule has 1 heterocycles. The monoisotopic (exact) mass is 293 g/mol. The number of aromatic amines is 1. The number of hydrogen-bond acceptors (Lipinski definition) is 2. The van der Waals surface area contributed by atoms with E-state index in [1.807, 2.05) is 13.0 Å². The van der Waals surface area contributed by atoms with E-state index in [1.165, 1.54) is 5.56 Å². The molecular weight excluding hydrogens is 278 g/mol. The van der Waals surface area contributed by atoms with E-state index in [-0.39, 0.29) is 0 Å². The lowest BCUT2D eigenvalue weighted by Crippen LogP contribution is -2.03. The number of hydrogen-bond donors (Lipinski definition) is 2. The molecule has 0 saturated heterocycles. The average Bonchev–Trinajstić information content (AvgIpc) is 2.64. The molecule has 0 spiro atoms. The van der Waals surface area contributed by atoms with Crippen LogP contribution in [0.3, 0.4) is 0 Å². The maximum Gasteiger partial charge on any atom is 0.108 e. The van der Waals surface area contributed by atoms with Crippen LogP contribution in [-0.4, -0.2) is 16.5 Å². The number of nitrogens with one attached hydrogen (secondary N) is 1. The van der Waals surface area contributed by atoms with Crippen molar-refractivity contribution in [3.8, 4) is 11.3 Å². The molecule has 0 bridgehead atoms. The fourth-order valence-corrected chi connectivity index (χ4v) is 2.25. The highest BCUT2D eigenvalue weighted by molar-refractivity contribution is 9.10. The van der Waals surface area contributed by atoms with Crippen LogP contribution < -0.4 is 5.73 Å². The topological polar surface area (TPSA) is 54.7 Å². The SMILES string of the molecule is Cc1ccc(Br)cc1-c1nc(CCN)[nH]c1C. The largest absolute Gasteiger partial charge is 0.346 e.